The molecule has 7 heteroatoms. The van der Waals surface area contributed by atoms with Gasteiger partial charge in [-0.1, -0.05) is 17.7 Å². The number of nitrogens with zero attached hydrogens (tertiary/aromatic N) is 2. The molecule has 0 radical (unpaired) electrons. The van der Waals surface area contributed by atoms with Crippen LogP contribution in [-0.2, 0) is 7.05 Å². The van der Waals surface area contributed by atoms with Crippen molar-refractivity contribution in [1.82, 2.24) is 9.55 Å². The van der Waals surface area contributed by atoms with Gasteiger partial charge < -0.3 is 9.67 Å². The summed E-state index contributed by atoms with van der Waals surface area (Å²) in [7, 11) is 1.80. The van der Waals surface area contributed by atoms with Crippen LogP contribution in [0.25, 0.3) is 32.5 Å². The van der Waals surface area contributed by atoms with E-state index in [0.717, 1.165) is 16.5 Å². The first-order chi connectivity index (χ1) is 12.0. The van der Waals surface area contributed by atoms with Crippen molar-refractivity contribution in [2.24, 2.45) is 7.05 Å². The zero-order valence-corrected chi connectivity index (χ0v) is 14.6. The molecule has 4 rings (SSSR count). The molecule has 0 fully saturated rings. The molecule has 2 aromatic carbocycles. The average molecular weight is 371 g/mol. The minimum Gasteiger partial charge on any atom is -0.477 e. The SMILES string of the molecule is Cn1c(-c2c(C(=O)O)sc3cccc(Cl)c23)nc2ccc(C=O)cc21. The molecular formula is C18H11ClN2O3S. The zero-order chi connectivity index (χ0) is 17.7. The molecule has 0 spiro atoms. The molecule has 2 aromatic heterocycles. The fourth-order valence-electron chi connectivity index (χ4n) is 2.97. The van der Waals surface area contributed by atoms with Gasteiger partial charge in [0.05, 0.1) is 21.6 Å². The molecule has 0 atom stereocenters. The highest BCUT2D eigenvalue weighted by molar-refractivity contribution is 7.21. The second-order valence-corrected chi connectivity index (χ2v) is 7.04. The van der Waals surface area contributed by atoms with Gasteiger partial charge >= 0.3 is 5.97 Å². The molecule has 25 heavy (non-hydrogen) atoms. The number of aromatic nitrogens is 2. The number of aryl methyl sites for hydroxylation is 1. The van der Waals surface area contributed by atoms with Crippen molar-refractivity contribution in [3.63, 3.8) is 0 Å². The highest BCUT2D eigenvalue weighted by Gasteiger charge is 2.24. The van der Waals surface area contributed by atoms with E-state index >= 15 is 0 Å². The summed E-state index contributed by atoms with van der Waals surface area (Å²) in [5, 5.41) is 10.8. The number of carbonyl (C=O) groups excluding carboxylic acids is 1. The normalized spacial score (nSPS) is 11.3. The predicted octanol–water partition coefficient (Wildman–Crippen LogP) is 4.62. The van der Waals surface area contributed by atoms with Crippen molar-refractivity contribution in [2.75, 3.05) is 0 Å². The molecule has 4 aromatic rings. The van der Waals surface area contributed by atoms with Crippen molar-refractivity contribution in [1.29, 1.82) is 0 Å². The van der Waals surface area contributed by atoms with Crippen LogP contribution in [0.2, 0.25) is 5.02 Å². The summed E-state index contributed by atoms with van der Waals surface area (Å²) in [6.45, 7) is 0. The van der Waals surface area contributed by atoms with E-state index in [4.69, 9.17) is 11.6 Å². The van der Waals surface area contributed by atoms with Gasteiger partial charge in [0, 0.05) is 22.7 Å². The van der Waals surface area contributed by atoms with Gasteiger partial charge in [0.2, 0.25) is 0 Å². The molecule has 0 unspecified atom stereocenters. The lowest BCUT2D eigenvalue weighted by Crippen LogP contribution is -1.99. The Labute approximate surface area is 151 Å². The number of hydrogen-bond donors (Lipinski definition) is 1. The largest absolute Gasteiger partial charge is 0.477 e. The second-order valence-electron chi connectivity index (χ2n) is 5.58. The Balaban J connectivity index is 2.13. The Morgan fingerprint density at radius 2 is 2.12 bits per heavy atom. The van der Waals surface area contributed by atoms with E-state index in [1.54, 1.807) is 41.9 Å². The van der Waals surface area contributed by atoms with E-state index in [0.29, 0.717) is 32.9 Å². The maximum Gasteiger partial charge on any atom is 0.346 e. The molecule has 5 nitrogen and oxygen atoms in total. The maximum absolute atomic E-state index is 11.8. The first kappa shape index (κ1) is 15.8. The third-order valence-electron chi connectivity index (χ3n) is 4.12. The van der Waals surface area contributed by atoms with Gasteiger partial charge in [-0.2, -0.15) is 0 Å². The highest BCUT2D eigenvalue weighted by atomic mass is 35.5. The molecule has 1 N–H and O–H groups in total. The minimum atomic E-state index is -1.02. The number of carboxylic acid groups (broad SMARTS) is 1. The van der Waals surface area contributed by atoms with Crippen LogP contribution in [0.4, 0.5) is 0 Å². The summed E-state index contributed by atoms with van der Waals surface area (Å²) in [5.41, 5.74) is 2.48. The van der Waals surface area contributed by atoms with Gasteiger partial charge in [-0.05, 0) is 30.3 Å². The topological polar surface area (TPSA) is 72.2 Å². The summed E-state index contributed by atoms with van der Waals surface area (Å²) in [6.07, 6.45) is 0.769. The van der Waals surface area contributed by atoms with Crippen LogP contribution in [0.15, 0.2) is 36.4 Å². The molecule has 0 aliphatic heterocycles. The predicted molar refractivity (Wildman–Crippen MR) is 98.9 cm³/mol. The van der Waals surface area contributed by atoms with Crippen LogP contribution in [0.1, 0.15) is 20.0 Å². The van der Waals surface area contributed by atoms with E-state index in [1.165, 1.54) is 11.3 Å². The lowest BCUT2D eigenvalue weighted by molar-refractivity contribution is 0.0702. The summed E-state index contributed by atoms with van der Waals surface area (Å²) in [6, 6.07) is 10.5. The Morgan fingerprint density at radius 3 is 2.84 bits per heavy atom. The summed E-state index contributed by atoms with van der Waals surface area (Å²) in [5.74, 6) is -0.511. The van der Waals surface area contributed by atoms with Crippen LogP contribution in [0.3, 0.4) is 0 Å². The third kappa shape index (κ3) is 2.33. The summed E-state index contributed by atoms with van der Waals surface area (Å²) in [4.78, 5) is 27.6. The Morgan fingerprint density at radius 1 is 1.32 bits per heavy atom. The molecule has 0 amide bonds. The molecular weight excluding hydrogens is 360 g/mol. The number of carboxylic acids is 1. The van der Waals surface area contributed by atoms with Crippen molar-refractivity contribution in [3.05, 3.63) is 51.9 Å². The number of benzene rings is 2. The van der Waals surface area contributed by atoms with Crippen LogP contribution in [0, 0.1) is 0 Å². The van der Waals surface area contributed by atoms with Gasteiger partial charge in [-0.3, -0.25) is 4.79 Å². The number of carbonyl (C=O) groups is 2. The van der Waals surface area contributed by atoms with E-state index in [-0.39, 0.29) is 4.88 Å². The average Bonchev–Trinajstić information content (AvgIpc) is 3.14. The number of hydrogen-bond acceptors (Lipinski definition) is 4. The van der Waals surface area contributed by atoms with Gasteiger partial charge in [-0.25, -0.2) is 9.78 Å². The number of imidazole rings is 1. The molecule has 0 aliphatic rings. The lowest BCUT2D eigenvalue weighted by atomic mass is 10.1. The van der Waals surface area contributed by atoms with Gasteiger partial charge in [-0.15, -0.1) is 11.3 Å². The Bertz CT molecular complexity index is 1180. The lowest BCUT2D eigenvalue weighted by Gasteiger charge is -2.04. The van der Waals surface area contributed by atoms with E-state index in [1.807, 2.05) is 6.07 Å². The second kappa shape index (κ2) is 5.68. The summed E-state index contributed by atoms with van der Waals surface area (Å²) >= 11 is 7.53. The fourth-order valence-corrected chi connectivity index (χ4v) is 4.36. The fraction of sp³-hybridized carbons (Fsp3) is 0.0556. The molecule has 0 saturated carbocycles. The Hall–Kier alpha value is -2.70. The van der Waals surface area contributed by atoms with Crippen molar-refractivity contribution in [2.45, 2.75) is 0 Å². The van der Waals surface area contributed by atoms with Crippen molar-refractivity contribution < 1.29 is 14.7 Å². The number of halogens is 1. The summed E-state index contributed by atoms with van der Waals surface area (Å²) < 4.78 is 2.58. The van der Waals surface area contributed by atoms with E-state index < -0.39 is 5.97 Å². The van der Waals surface area contributed by atoms with Crippen molar-refractivity contribution in [3.8, 4) is 11.4 Å². The third-order valence-corrected chi connectivity index (χ3v) is 5.58. The van der Waals surface area contributed by atoms with Crippen LogP contribution >= 0.6 is 22.9 Å². The van der Waals surface area contributed by atoms with Gasteiger partial charge in [0.1, 0.15) is 17.0 Å². The van der Waals surface area contributed by atoms with Gasteiger partial charge in [0.15, 0.2) is 0 Å². The number of aldehydes is 1. The standard InChI is InChI=1S/C18H11ClN2O3S/c1-21-12-7-9(8-22)5-6-11(12)20-17(21)15-14-10(19)3-2-4-13(14)25-16(15)18(23)24/h2-8H,1H3,(H,23,24). The van der Waals surface area contributed by atoms with Crippen LogP contribution < -0.4 is 0 Å². The maximum atomic E-state index is 11.8. The number of thiophene rings is 1. The quantitative estimate of drug-likeness (QED) is 0.534. The molecule has 2 heterocycles. The molecule has 0 bridgehead atoms. The first-order valence-electron chi connectivity index (χ1n) is 7.37. The van der Waals surface area contributed by atoms with Crippen LogP contribution in [-0.4, -0.2) is 26.9 Å². The molecule has 0 saturated heterocycles. The van der Waals surface area contributed by atoms with Gasteiger partial charge in [0.25, 0.3) is 0 Å². The van der Waals surface area contributed by atoms with Crippen molar-refractivity contribution >= 4 is 56.3 Å². The Kier molecular flexibility index (Phi) is 3.59. The minimum absolute atomic E-state index is 0.192. The zero-order valence-electron chi connectivity index (χ0n) is 13.0. The molecule has 0 aliphatic carbocycles. The smallest absolute Gasteiger partial charge is 0.346 e. The molecule has 124 valence electrons. The highest BCUT2D eigenvalue weighted by Crippen LogP contribution is 2.42. The number of aromatic carboxylic acids is 1. The van der Waals surface area contributed by atoms with E-state index in [9.17, 15) is 14.7 Å². The monoisotopic (exact) mass is 370 g/mol. The van der Waals surface area contributed by atoms with Crippen LogP contribution in [0.5, 0.6) is 0 Å². The van der Waals surface area contributed by atoms with E-state index in [2.05, 4.69) is 4.98 Å². The number of fused-ring (bicyclic) bond motifs is 2. The first-order valence-corrected chi connectivity index (χ1v) is 8.57. The number of rotatable bonds is 3.